The number of aryl methyl sites for hydroxylation is 1. The number of thiophene rings is 1. The molecule has 3 aromatic heterocycles. The molecule has 0 spiro atoms. The molecular formula is C14H14ClN3S. The molecule has 0 N–H and O–H groups in total. The van der Waals surface area contributed by atoms with Crippen LogP contribution in [0.5, 0.6) is 0 Å². The third-order valence-electron chi connectivity index (χ3n) is 3.00. The number of pyridine rings is 1. The number of hydrogen-bond acceptors (Lipinski definition) is 3. The number of nitrogens with zero attached hydrogens (tertiary/aromatic N) is 3. The van der Waals surface area contributed by atoms with E-state index in [1.165, 1.54) is 4.88 Å². The fraction of sp³-hybridized carbons (Fsp3) is 0.286. The Kier molecular flexibility index (Phi) is 3.29. The van der Waals surface area contributed by atoms with Crippen molar-refractivity contribution in [3.63, 3.8) is 0 Å². The Bertz CT molecular complexity index is 701. The summed E-state index contributed by atoms with van der Waals surface area (Å²) in [5.41, 5.74) is 2.93. The third-order valence-corrected chi connectivity index (χ3v) is 4.06. The summed E-state index contributed by atoms with van der Waals surface area (Å²) >= 11 is 7.99. The number of hydrogen-bond donors (Lipinski definition) is 0. The molecular weight excluding hydrogens is 278 g/mol. The summed E-state index contributed by atoms with van der Waals surface area (Å²) in [6.07, 6.45) is 1.87. The van der Waals surface area contributed by atoms with Crippen molar-refractivity contribution in [1.29, 1.82) is 0 Å². The molecule has 0 aliphatic rings. The second kappa shape index (κ2) is 4.94. The number of fused-ring (bicyclic) bond motifs is 1. The van der Waals surface area contributed by atoms with Gasteiger partial charge in [0.1, 0.15) is 11.3 Å². The van der Waals surface area contributed by atoms with Crippen molar-refractivity contribution in [2.24, 2.45) is 0 Å². The topological polar surface area (TPSA) is 30.7 Å². The maximum Gasteiger partial charge on any atom is 0.160 e. The van der Waals surface area contributed by atoms with Gasteiger partial charge in [0.05, 0.1) is 11.9 Å². The molecule has 0 bridgehead atoms. The van der Waals surface area contributed by atoms with Gasteiger partial charge in [0.25, 0.3) is 0 Å². The predicted molar refractivity (Wildman–Crippen MR) is 80.0 cm³/mol. The van der Waals surface area contributed by atoms with Gasteiger partial charge >= 0.3 is 0 Å². The molecule has 19 heavy (non-hydrogen) atoms. The minimum absolute atomic E-state index is 0.130. The molecule has 5 heteroatoms. The average Bonchev–Trinajstić information content (AvgIpc) is 2.97. The number of rotatable bonds is 3. The fourth-order valence-electron chi connectivity index (χ4n) is 2.15. The maximum atomic E-state index is 6.25. The molecule has 0 aromatic carbocycles. The minimum atomic E-state index is -0.130. The normalized spacial score (nSPS) is 13.0. The van der Waals surface area contributed by atoms with Gasteiger partial charge in [-0.15, -0.1) is 22.9 Å². The molecule has 0 amide bonds. The van der Waals surface area contributed by atoms with Gasteiger partial charge in [-0.3, -0.25) is 0 Å². The van der Waals surface area contributed by atoms with Crippen molar-refractivity contribution in [2.75, 3.05) is 0 Å². The summed E-state index contributed by atoms with van der Waals surface area (Å²) in [7, 11) is 0. The molecule has 3 nitrogen and oxygen atoms in total. The van der Waals surface area contributed by atoms with E-state index in [4.69, 9.17) is 11.6 Å². The van der Waals surface area contributed by atoms with E-state index in [-0.39, 0.29) is 5.38 Å². The minimum Gasteiger partial charge on any atom is -0.306 e. The molecule has 0 radical (unpaired) electrons. The second-order valence-electron chi connectivity index (χ2n) is 4.61. The molecule has 0 fully saturated rings. The van der Waals surface area contributed by atoms with Crippen LogP contribution in [0.4, 0.5) is 0 Å². The lowest BCUT2D eigenvalue weighted by Crippen LogP contribution is -2.05. The van der Waals surface area contributed by atoms with Crippen LogP contribution in [-0.2, 0) is 6.54 Å². The molecule has 1 atom stereocenters. The van der Waals surface area contributed by atoms with Crippen LogP contribution in [0.1, 0.15) is 28.6 Å². The third kappa shape index (κ3) is 2.38. The first-order valence-corrected chi connectivity index (χ1v) is 7.46. The van der Waals surface area contributed by atoms with Crippen LogP contribution < -0.4 is 0 Å². The Morgan fingerprint density at radius 1 is 1.47 bits per heavy atom. The van der Waals surface area contributed by atoms with Crippen molar-refractivity contribution < 1.29 is 0 Å². The van der Waals surface area contributed by atoms with Gasteiger partial charge in [0, 0.05) is 11.1 Å². The monoisotopic (exact) mass is 291 g/mol. The van der Waals surface area contributed by atoms with E-state index >= 15 is 0 Å². The van der Waals surface area contributed by atoms with Crippen LogP contribution in [0.25, 0.3) is 11.2 Å². The van der Waals surface area contributed by atoms with Crippen molar-refractivity contribution >= 4 is 34.1 Å². The first-order chi connectivity index (χ1) is 9.15. The highest BCUT2D eigenvalue weighted by molar-refractivity contribution is 7.09. The van der Waals surface area contributed by atoms with Gasteiger partial charge in [0.2, 0.25) is 0 Å². The number of aromatic nitrogens is 3. The first kappa shape index (κ1) is 12.6. The summed E-state index contributed by atoms with van der Waals surface area (Å²) in [6, 6.07) is 6.23. The van der Waals surface area contributed by atoms with Gasteiger partial charge in [-0.05, 0) is 36.9 Å². The Labute approximate surface area is 120 Å². The SMILES string of the molecule is Cc1cnc2c(c1)nc(C(C)Cl)n2Cc1cccs1. The molecule has 1 unspecified atom stereocenters. The lowest BCUT2D eigenvalue weighted by Gasteiger charge is -2.08. The van der Waals surface area contributed by atoms with Crippen LogP contribution in [0.3, 0.4) is 0 Å². The highest BCUT2D eigenvalue weighted by Gasteiger charge is 2.16. The highest BCUT2D eigenvalue weighted by atomic mass is 35.5. The van der Waals surface area contributed by atoms with Gasteiger partial charge < -0.3 is 4.57 Å². The van der Waals surface area contributed by atoms with Gasteiger partial charge in [-0.1, -0.05) is 6.07 Å². The lowest BCUT2D eigenvalue weighted by atomic mass is 10.3. The lowest BCUT2D eigenvalue weighted by molar-refractivity contribution is 0.744. The van der Waals surface area contributed by atoms with E-state index in [0.717, 1.165) is 29.1 Å². The van der Waals surface area contributed by atoms with Gasteiger partial charge in [0.15, 0.2) is 5.65 Å². The molecule has 3 heterocycles. The number of halogens is 1. The zero-order valence-electron chi connectivity index (χ0n) is 10.8. The van der Waals surface area contributed by atoms with E-state index < -0.39 is 0 Å². The van der Waals surface area contributed by atoms with E-state index in [1.807, 2.05) is 20.0 Å². The maximum absolute atomic E-state index is 6.25. The van der Waals surface area contributed by atoms with Crippen molar-refractivity contribution in [3.8, 4) is 0 Å². The standard InChI is InChI=1S/C14H14ClN3S/c1-9-6-12-14(16-7-9)18(13(17-12)10(2)15)8-11-4-3-5-19-11/h3-7,10H,8H2,1-2H3. The molecule has 3 aromatic rings. The Balaban J connectivity index is 2.16. The van der Waals surface area contributed by atoms with Crippen molar-refractivity contribution in [1.82, 2.24) is 14.5 Å². The molecule has 0 saturated carbocycles. The molecule has 0 saturated heterocycles. The summed E-state index contributed by atoms with van der Waals surface area (Å²) in [4.78, 5) is 10.4. The first-order valence-electron chi connectivity index (χ1n) is 6.14. The van der Waals surface area contributed by atoms with Crippen LogP contribution in [0, 0.1) is 6.92 Å². The summed E-state index contributed by atoms with van der Waals surface area (Å²) < 4.78 is 2.11. The highest BCUT2D eigenvalue weighted by Crippen LogP contribution is 2.25. The number of alkyl halides is 1. The van der Waals surface area contributed by atoms with Crippen LogP contribution >= 0.6 is 22.9 Å². The molecule has 98 valence electrons. The van der Waals surface area contributed by atoms with E-state index in [0.29, 0.717) is 0 Å². The van der Waals surface area contributed by atoms with E-state index in [2.05, 4.69) is 38.1 Å². The molecule has 3 rings (SSSR count). The summed E-state index contributed by atoms with van der Waals surface area (Å²) in [5.74, 6) is 0.878. The van der Waals surface area contributed by atoms with Crippen molar-refractivity contribution in [3.05, 3.63) is 46.0 Å². The molecule has 0 aliphatic carbocycles. The van der Waals surface area contributed by atoms with Gasteiger partial charge in [-0.2, -0.15) is 0 Å². The molecule has 0 aliphatic heterocycles. The smallest absolute Gasteiger partial charge is 0.160 e. The zero-order chi connectivity index (χ0) is 13.4. The quantitative estimate of drug-likeness (QED) is 0.679. The van der Waals surface area contributed by atoms with Crippen LogP contribution in [0.2, 0.25) is 0 Å². The van der Waals surface area contributed by atoms with Crippen LogP contribution in [-0.4, -0.2) is 14.5 Å². The van der Waals surface area contributed by atoms with Crippen LogP contribution in [0.15, 0.2) is 29.8 Å². The van der Waals surface area contributed by atoms with Crippen molar-refractivity contribution in [2.45, 2.75) is 25.8 Å². The Hall–Kier alpha value is -1.39. The van der Waals surface area contributed by atoms with Gasteiger partial charge in [-0.25, -0.2) is 9.97 Å². The predicted octanol–water partition coefficient (Wildman–Crippen LogP) is 4.15. The fourth-order valence-corrected chi connectivity index (χ4v) is 3.01. The summed E-state index contributed by atoms with van der Waals surface area (Å²) in [6.45, 7) is 4.74. The largest absolute Gasteiger partial charge is 0.306 e. The van der Waals surface area contributed by atoms with E-state index in [9.17, 15) is 0 Å². The average molecular weight is 292 g/mol. The Morgan fingerprint density at radius 2 is 2.32 bits per heavy atom. The zero-order valence-corrected chi connectivity index (χ0v) is 12.4. The van der Waals surface area contributed by atoms with E-state index in [1.54, 1.807) is 11.3 Å². The summed E-state index contributed by atoms with van der Waals surface area (Å²) in [5, 5.41) is 1.95. The number of imidazole rings is 1. The second-order valence-corrected chi connectivity index (χ2v) is 6.29. The Morgan fingerprint density at radius 3 is 3.00 bits per heavy atom.